The van der Waals surface area contributed by atoms with E-state index in [2.05, 4.69) is 148 Å². The summed E-state index contributed by atoms with van der Waals surface area (Å²) >= 11 is 7.32. The van der Waals surface area contributed by atoms with Crippen molar-refractivity contribution in [2.45, 2.75) is 96.7 Å². The van der Waals surface area contributed by atoms with Crippen LogP contribution < -0.4 is 4.90 Å². The van der Waals surface area contributed by atoms with Gasteiger partial charge in [0.05, 0.1) is 10.7 Å². The molecule has 1 atom stereocenters. The first kappa shape index (κ1) is 38.3. The van der Waals surface area contributed by atoms with E-state index in [1.54, 1.807) is 6.92 Å². The SMILES string of the molecule is CC(C)CCN1/C(=C/C=C2\CCCC(/C=C/C3=[N+](CCC(C)S(=O)(=O)O)c4ccc5ccccc5c4C3(C)C)=C2Cl)C(C)(C)c2c1ccc1ccccc21. The minimum absolute atomic E-state index is 0.183. The fraction of sp³-hybridized carbons (Fsp3) is 0.383. The van der Waals surface area contributed by atoms with Gasteiger partial charge in [0, 0.05) is 52.5 Å². The molecule has 7 heteroatoms. The van der Waals surface area contributed by atoms with Gasteiger partial charge >= 0.3 is 0 Å². The lowest BCUT2D eigenvalue weighted by atomic mass is 9.78. The highest BCUT2D eigenvalue weighted by Gasteiger charge is 2.46. The van der Waals surface area contributed by atoms with Gasteiger partial charge < -0.3 is 4.90 Å². The van der Waals surface area contributed by atoms with E-state index in [4.69, 9.17) is 11.6 Å². The topological polar surface area (TPSA) is 60.6 Å². The summed E-state index contributed by atoms with van der Waals surface area (Å²) in [6.07, 6.45) is 13.2. The molecule has 5 nitrogen and oxygen atoms in total. The molecule has 0 aromatic heterocycles. The predicted octanol–water partition coefficient (Wildman–Crippen LogP) is 11.9. The largest absolute Gasteiger partial charge is 0.344 e. The molecule has 4 aromatic rings. The maximum absolute atomic E-state index is 12.0. The van der Waals surface area contributed by atoms with Crippen LogP contribution in [0.4, 0.5) is 11.4 Å². The normalized spacial score (nSPS) is 20.4. The minimum atomic E-state index is -4.14. The first-order chi connectivity index (χ1) is 25.6. The lowest BCUT2D eigenvalue weighted by molar-refractivity contribution is -0.438. The molecule has 0 amide bonds. The Balaban J connectivity index is 1.27. The zero-order chi connectivity index (χ0) is 38.6. The Labute approximate surface area is 327 Å². The molecule has 0 fully saturated rings. The van der Waals surface area contributed by atoms with Crippen LogP contribution in [0.15, 0.2) is 119 Å². The summed E-state index contributed by atoms with van der Waals surface area (Å²) in [7, 11) is -4.14. The number of hydrogen-bond acceptors (Lipinski definition) is 3. The van der Waals surface area contributed by atoms with Crippen molar-refractivity contribution in [3.05, 3.63) is 130 Å². The van der Waals surface area contributed by atoms with Crippen molar-refractivity contribution in [3.63, 3.8) is 0 Å². The fourth-order valence-corrected chi connectivity index (χ4v) is 9.68. The number of benzene rings is 4. The van der Waals surface area contributed by atoms with E-state index < -0.39 is 15.4 Å². The Hall–Kier alpha value is -3.97. The highest BCUT2D eigenvalue weighted by Crippen LogP contribution is 2.51. The molecule has 1 N–H and O–H groups in total. The van der Waals surface area contributed by atoms with Crippen LogP contribution in [0.3, 0.4) is 0 Å². The second kappa shape index (κ2) is 14.6. The van der Waals surface area contributed by atoms with E-state index in [-0.39, 0.29) is 10.8 Å². The van der Waals surface area contributed by atoms with Crippen molar-refractivity contribution in [1.82, 2.24) is 0 Å². The van der Waals surface area contributed by atoms with E-state index >= 15 is 0 Å². The molecule has 0 radical (unpaired) electrons. The molecular formula is C47H54ClN2O3S+. The van der Waals surface area contributed by atoms with Crippen LogP contribution in [-0.2, 0) is 20.9 Å². The first-order valence-corrected chi connectivity index (χ1v) is 21.4. The molecule has 0 saturated heterocycles. The zero-order valence-electron chi connectivity index (χ0n) is 32.8. The van der Waals surface area contributed by atoms with Crippen molar-refractivity contribution in [2.24, 2.45) is 5.92 Å². The average Bonchev–Trinajstić information content (AvgIpc) is 3.49. The lowest BCUT2D eigenvalue weighted by Gasteiger charge is -2.28. The van der Waals surface area contributed by atoms with Crippen molar-refractivity contribution >= 4 is 60.4 Å². The predicted molar refractivity (Wildman–Crippen MR) is 228 cm³/mol. The number of fused-ring (bicyclic) bond motifs is 6. The molecule has 282 valence electrons. The Kier molecular flexibility index (Phi) is 10.4. The van der Waals surface area contributed by atoms with Gasteiger partial charge in [-0.15, -0.1) is 0 Å². The van der Waals surface area contributed by atoms with Crippen molar-refractivity contribution < 1.29 is 17.5 Å². The number of halogens is 1. The van der Waals surface area contributed by atoms with Crippen molar-refractivity contribution in [3.8, 4) is 0 Å². The van der Waals surface area contributed by atoms with Gasteiger partial charge in [0.25, 0.3) is 10.1 Å². The van der Waals surface area contributed by atoms with Crippen molar-refractivity contribution in [1.29, 1.82) is 0 Å². The van der Waals surface area contributed by atoms with Crippen LogP contribution in [0, 0.1) is 5.92 Å². The van der Waals surface area contributed by atoms with Gasteiger partial charge in [0.15, 0.2) is 12.3 Å². The van der Waals surface area contributed by atoms with Crippen LogP contribution in [0.2, 0.25) is 0 Å². The molecule has 3 aliphatic rings. The van der Waals surface area contributed by atoms with Gasteiger partial charge in [-0.05, 0) is 109 Å². The number of anilines is 1. The highest BCUT2D eigenvalue weighted by atomic mass is 35.5. The van der Waals surface area contributed by atoms with E-state index in [9.17, 15) is 13.0 Å². The van der Waals surface area contributed by atoms with Crippen LogP contribution in [0.5, 0.6) is 0 Å². The Bertz CT molecular complexity index is 2410. The first-order valence-electron chi connectivity index (χ1n) is 19.5. The molecule has 0 saturated carbocycles. The van der Waals surface area contributed by atoms with E-state index in [1.807, 2.05) is 0 Å². The maximum atomic E-state index is 12.0. The van der Waals surface area contributed by atoms with Gasteiger partial charge in [0.1, 0.15) is 0 Å². The second-order valence-corrected chi connectivity index (χ2v) is 19.1. The Morgan fingerprint density at radius 1 is 0.815 bits per heavy atom. The summed E-state index contributed by atoms with van der Waals surface area (Å²) in [5, 5.41) is 4.90. The van der Waals surface area contributed by atoms with Crippen LogP contribution in [0.1, 0.15) is 91.7 Å². The zero-order valence-corrected chi connectivity index (χ0v) is 34.4. The molecule has 2 aliphatic heterocycles. The average molecular weight is 762 g/mol. The van der Waals surface area contributed by atoms with Crippen LogP contribution in [-0.4, -0.2) is 41.6 Å². The van der Waals surface area contributed by atoms with Gasteiger partial charge in [-0.2, -0.15) is 13.0 Å². The van der Waals surface area contributed by atoms with E-state index in [0.717, 1.165) is 59.8 Å². The molecule has 2 heterocycles. The van der Waals surface area contributed by atoms with Crippen LogP contribution >= 0.6 is 11.6 Å². The van der Waals surface area contributed by atoms with Gasteiger partial charge in [-0.1, -0.05) is 106 Å². The molecule has 1 unspecified atom stereocenters. The third-order valence-corrected chi connectivity index (χ3v) is 13.8. The Morgan fingerprint density at radius 2 is 1.46 bits per heavy atom. The number of rotatable bonds is 10. The molecule has 54 heavy (non-hydrogen) atoms. The number of allylic oxidation sites excluding steroid dienone is 8. The Morgan fingerprint density at radius 3 is 2.13 bits per heavy atom. The van der Waals surface area contributed by atoms with Crippen molar-refractivity contribution in [2.75, 3.05) is 18.0 Å². The molecule has 4 aromatic carbocycles. The summed E-state index contributed by atoms with van der Waals surface area (Å²) in [5.74, 6) is 0.596. The second-order valence-electron chi connectivity index (χ2n) is 16.9. The van der Waals surface area contributed by atoms with E-state index in [0.29, 0.717) is 18.9 Å². The molecule has 0 bridgehead atoms. The molecule has 0 spiro atoms. The fourth-order valence-electron chi connectivity index (χ4n) is 8.97. The van der Waals surface area contributed by atoms with Gasteiger partial charge in [-0.3, -0.25) is 4.55 Å². The smallest absolute Gasteiger partial charge is 0.267 e. The summed E-state index contributed by atoms with van der Waals surface area (Å²) in [4.78, 5) is 2.54. The number of nitrogens with zero attached hydrogens (tertiary/aromatic N) is 2. The number of hydrogen-bond donors (Lipinski definition) is 1. The monoisotopic (exact) mass is 761 g/mol. The standard InChI is InChI=1S/C47H53ClN2O3S/c1-31(2)27-29-49-39-23-19-33-13-8-10-17-37(33)43(39)46(4,5)41(49)25-21-35-15-12-16-36(45(35)48)22-26-42-47(6,7)44-38-18-11-9-14-34(38)20-24-40(44)50(42)30-28-32(3)54(51,52)53/h8-11,13-14,17-26,31-32H,12,15-16,27-30H2,1-7H3/p+1. The lowest BCUT2D eigenvalue weighted by Crippen LogP contribution is -2.29. The quantitative estimate of drug-likeness (QED) is 0.129. The summed E-state index contributed by atoms with van der Waals surface area (Å²) in [6, 6.07) is 26.0. The maximum Gasteiger partial charge on any atom is 0.267 e. The third kappa shape index (κ3) is 6.91. The third-order valence-electron chi connectivity index (χ3n) is 12.0. The molecule has 1 aliphatic carbocycles. The summed E-state index contributed by atoms with van der Waals surface area (Å²) < 4.78 is 36.0. The highest BCUT2D eigenvalue weighted by molar-refractivity contribution is 7.86. The van der Waals surface area contributed by atoms with E-state index in [1.165, 1.54) is 44.1 Å². The minimum Gasteiger partial charge on any atom is -0.344 e. The summed E-state index contributed by atoms with van der Waals surface area (Å²) in [5.41, 5.74) is 9.11. The van der Waals surface area contributed by atoms with Crippen LogP contribution in [0.25, 0.3) is 21.5 Å². The summed E-state index contributed by atoms with van der Waals surface area (Å²) in [6.45, 7) is 16.8. The van der Waals surface area contributed by atoms with Gasteiger partial charge in [0.2, 0.25) is 5.69 Å². The van der Waals surface area contributed by atoms with Gasteiger partial charge in [-0.25, -0.2) is 0 Å². The molecular weight excluding hydrogens is 708 g/mol. The molecule has 7 rings (SSSR count).